The Morgan fingerprint density at radius 3 is 2.78 bits per heavy atom. The van der Waals surface area contributed by atoms with Crippen molar-refractivity contribution in [3.63, 3.8) is 0 Å². The first kappa shape index (κ1) is 15.4. The van der Waals surface area contributed by atoms with E-state index < -0.39 is 0 Å². The number of hydrogen-bond acceptors (Lipinski definition) is 3. The van der Waals surface area contributed by atoms with Gasteiger partial charge in [-0.3, -0.25) is 4.79 Å². The second kappa shape index (κ2) is 7.74. The molecule has 0 aliphatic carbocycles. The molecule has 0 spiro atoms. The molecule has 4 heteroatoms. The van der Waals surface area contributed by atoms with Crippen LogP contribution in [0.2, 0.25) is 0 Å². The first-order valence-corrected chi connectivity index (χ1v) is 7.29. The summed E-state index contributed by atoms with van der Waals surface area (Å²) in [6, 6.07) is 0.312. The van der Waals surface area contributed by atoms with Crippen LogP contribution in [-0.2, 0) is 4.79 Å². The molecule has 0 aromatic rings. The molecular weight excluding hydrogens is 226 g/mol. The Morgan fingerprint density at radius 2 is 2.22 bits per heavy atom. The summed E-state index contributed by atoms with van der Waals surface area (Å²) in [6.07, 6.45) is 3.16. The Kier molecular flexibility index (Phi) is 6.65. The monoisotopic (exact) mass is 255 g/mol. The van der Waals surface area contributed by atoms with Crippen LogP contribution in [0.25, 0.3) is 0 Å². The summed E-state index contributed by atoms with van der Waals surface area (Å²) < 4.78 is 0. The van der Waals surface area contributed by atoms with Gasteiger partial charge >= 0.3 is 0 Å². The second-order valence-corrected chi connectivity index (χ2v) is 5.80. The molecule has 0 bridgehead atoms. The molecule has 3 N–H and O–H groups in total. The fourth-order valence-corrected chi connectivity index (χ4v) is 2.66. The van der Waals surface area contributed by atoms with Gasteiger partial charge in [-0.05, 0) is 38.3 Å². The normalized spacial score (nSPS) is 23.1. The minimum atomic E-state index is -0.0259. The quantitative estimate of drug-likeness (QED) is 0.750. The van der Waals surface area contributed by atoms with Crippen molar-refractivity contribution in [3.8, 4) is 0 Å². The molecule has 18 heavy (non-hydrogen) atoms. The van der Waals surface area contributed by atoms with Crippen LogP contribution >= 0.6 is 0 Å². The van der Waals surface area contributed by atoms with Crippen LogP contribution in [0.3, 0.4) is 0 Å². The molecule has 1 fully saturated rings. The van der Waals surface area contributed by atoms with Crippen molar-refractivity contribution in [2.75, 3.05) is 26.2 Å². The van der Waals surface area contributed by atoms with Gasteiger partial charge in [-0.15, -0.1) is 0 Å². The minimum Gasteiger partial charge on any atom is -0.352 e. The van der Waals surface area contributed by atoms with Gasteiger partial charge in [0.2, 0.25) is 5.91 Å². The van der Waals surface area contributed by atoms with E-state index in [1.54, 1.807) is 0 Å². The summed E-state index contributed by atoms with van der Waals surface area (Å²) in [5.74, 6) is 0.638. The van der Waals surface area contributed by atoms with Crippen molar-refractivity contribution >= 4 is 5.91 Å². The maximum absolute atomic E-state index is 12.2. The molecule has 1 aliphatic rings. The zero-order valence-electron chi connectivity index (χ0n) is 12.1. The first-order chi connectivity index (χ1) is 8.56. The van der Waals surface area contributed by atoms with Gasteiger partial charge in [-0.1, -0.05) is 20.8 Å². The molecule has 1 heterocycles. The SMILES string of the molecule is CCN1CCCC(NC(=O)C(CN)CC(C)C)C1. The Balaban J connectivity index is 2.42. The van der Waals surface area contributed by atoms with Gasteiger partial charge in [-0.25, -0.2) is 0 Å². The number of likely N-dealkylation sites (tertiary alicyclic amines) is 1. The highest BCUT2D eigenvalue weighted by atomic mass is 16.2. The summed E-state index contributed by atoms with van der Waals surface area (Å²) in [5.41, 5.74) is 5.71. The number of nitrogens with one attached hydrogen (secondary N) is 1. The van der Waals surface area contributed by atoms with Crippen LogP contribution in [0.5, 0.6) is 0 Å². The summed E-state index contributed by atoms with van der Waals surface area (Å²) in [4.78, 5) is 14.6. The van der Waals surface area contributed by atoms with Crippen LogP contribution in [0.4, 0.5) is 0 Å². The molecule has 0 aromatic carbocycles. The lowest BCUT2D eigenvalue weighted by molar-refractivity contribution is -0.126. The third-order valence-corrected chi connectivity index (χ3v) is 3.71. The van der Waals surface area contributed by atoms with E-state index in [1.807, 2.05) is 0 Å². The number of nitrogens with zero attached hydrogens (tertiary/aromatic N) is 1. The second-order valence-electron chi connectivity index (χ2n) is 5.80. The average molecular weight is 255 g/mol. The number of carbonyl (C=O) groups excluding carboxylic acids is 1. The van der Waals surface area contributed by atoms with E-state index in [1.165, 1.54) is 6.42 Å². The van der Waals surface area contributed by atoms with Crippen molar-refractivity contribution in [1.29, 1.82) is 0 Å². The summed E-state index contributed by atoms with van der Waals surface area (Å²) >= 11 is 0. The zero-order valence-corrected chi connectivity index (χ0v) is 12.1. The van der Waals surface area contributed by atoms with Gasteiger partial charge in [-0.2, -0.15) is 0 Å². The van der Waals surface area contributed by atoms with Gasteiger partial charge in [0.15, 0.2) is 0 Å². The molecule has 1 aliphatic heterocycles. The van der Waals surface area contributed by atoms with E-state index in [9.17, 15) is 4.79 Å². The van der Waals surface area contributed by atoms with Crippen molar-refractivity contribution in [1.82, 2.24) is 10.2 Å². The van der Waals surface area contributed by atoms with Gasteiger partial charge in [0.05, 0.1) is 5.92 Å². The van der Waals surface area contributed by atoms with Crippen molar-refractivity contribution in [2.45, 2.75) is 46.1 Å². The number of nitrogens with two attached hydrogens (primary N) is 1. The lowest BCUT2D eigenvalue weighted by Gasteiger charge is -2.33. The number of likely N-dealkylation sites (N-methyl/N-ethyl adjacent to an activating group) is 1. The summed E-state index contributed by atoms with van der Waals surface area (Å²) in [7, 11) is 0. The molecule has 106 valence electrons. The van der Waals surface area contributed by atoms with E-state index >= 15 is 0 Å². The topological polar surface area (TPSA) is 58.4 Å². The van der Waals surface area contributed by atoms with Crippen molar-refractivity contribution < 1.29 is 4.79 Å². The zero-order chi connectivity index (χ0) is 13.5. The molecule has 1 amide bonds. The predicted octanol–water partition coefficient (Wildman–Crippen LogP) is 1.21. The lowest BCUT2D eigenvalue weighted by Crippen LogP contribution is -2.50. The average Bonchev–Trinajstić information content (AvgIpc) is 2.35. The van der Waals surface area contributed by atoms with Gasteiger partial charge in [0.25, 0.3) is 0 Å². The molecule has 0 radical (unpaired) electrons. The van der Waals surface area contributed by atoms with Crippen LogP contribution in [-0.4, -0.2) is 43.0 Å². The predicted molar refractivity (Wildman–Crippen MR) is 75.3 cm³/mol. The van der Waals surface area contributed by atoms with E-state index in [-0.39, 0.29) is 11.8 Å². The molecule has 2 atom stereocenters. The third-order valence-electron chi connectivity index (χ3n) is 3.71. The molecular formula is C14H29N3O. The third kappa shape index (κ3) is 4.94. The van der Waals surface area contributed by atoms with E-state index in [2.05, 4.69) is 31.0 Å². The molecule has 2 unspecified atom stereocenters. The number of hydrogen-bond donors (Lipinski definition) is 2. The van der Waals surface area contributed by atoms with E-state index in [0.29, 0.717) is 18.5 Å². The van der Waals surface area contributed by atoms with E-state index in [4.69, 9.17) is 5.73 Å². The highest BCUT2D eigenvalue weighted by Gasteiger charge is 2.24. The fourth-order valence-electron chi connectivity index (χ4n) is 2.66. The summed E-state index contributed by atoms with van der Waals surface area (Å²) in [5, 5.41) is 3.18. The molecule has 4 nitrogen and oxygen atoms in total. The maximum Gasteiger partial charge on any atom is 0.224 e. The lowest BCUT2D eigenvalue weighted by atomic mass is 9.95. The van der Waals surface area contributed by atoms with Crippen molar-refractivity contribution in [3.05, 3.63) is 0 Å². The number of rotatable bonds is 6. The van der Waals surface area contributed by atoms with Crippen LogP contribution in [0, 0.1) is 11.8 Å². The van der Waals surface area contributed by atoms with Gasteiger partial charge in [0.1, 0.15) is 0 Å². The van der Waals surface area contributed by atoms with Gasteiger partial charge in [0, 0.05) is 19.1 Å². The fraction of sp³-hybridized carbons (Fsp3) is 0.929. The number of carbonyl (C=O) groups is 1. The van der Waals surface area contributed by atoms with Crippen LogP contribution < -0.4 is 11.1 Å². The molecule has 0 saturated carbocycles. The maximum atomic E-state index is 12.2. The number of piperidine rings is 1. The standard InChI is InChI=1S/C14H29N3O/c1-4-17-7-5-6-13(10-17)16-14(18)12(9-15)8-11(2)3/h11-13H,4-10,15H2,1-3H3,(H,16,18). The largest absolute Gasteiger partial charge is 0.352 e. The van der Waals surface area contributed by atoms with Crippen molar-refractivity contribution in [2.24, 2.45) is 17.6 Å². The highest BCUT2D eigenvalue weighted by Crippen LogP contribution is 2.13. The smallest absolute Gasteiger partial charge is 0.224 e. The van der Waals surface area contributed by atoms with E-state index in [0.717, 1.165) is 32.5 Å². The van der Waals surface area contributed by atoms with Crippen LogP contribution in [0.1, 0.15) is 40.0 Å². The Bertz CT molecular complexity index is 255. The minimum absolute atomic E-state index is 0.0259. The first-order valence-electron chi connectivity index (χ1n) is 7.29. The molecule has 1 saturated heterocycles. The molecule has 1 rings (SSSR count). The van der Waals surface area contributed by atoms with Crippen LogP contribution in [0.15, 0.2) is 0 Å². The summed E-state index contributed by atoms with van der Waals surface area (Å²) in [6.45, 7) is 10.1. The Hall–Kier alpha value is -0.610. The molecule has 0 aromatic heterocycles. The highest BCUT2D eigenvalue weighted by molar-refractivity contribution is 5.79. The Labute approximate surface area is 111 Å². The number of amides is 1. The van der Waals surface area contributed by atoms with Gasteiger partial charge < -0.3 is 16.0 Å². The Morgan fingerprint density at radius 1 is 1.50 bits per heavy atom.